The first-order valence-electron chi connectivity index (χ1n) is 6.31. The Morgan fingerprint density at radius 1 is 1.52 bits per heavy atom. The van der Waals surface area contributed by atoms with E-state index in [4.69, 9.17) is 16.3 Å². The quantitative estimate of drug-likeness (QED) is 0.789. The smallest absolute Gasteiger partial charge is 0.328 e. The van der Waals surface area contributed by atoms with Gasteiger partial charge in [-0.25, -0.2) is 8.42 Å². The number of rotatable bonds is 4. The molecule has 1 aromatic rings. The van der Waals surface area contributed by atoms with Gasteiger partial charge in [0.05, 0.1) is 12.7 Å². The zero-order chi connectivity index (χ0) is 15.8. The summed E-state index contributed by atoms with van der Waals surface area (Å²) in [5, 5.41) is 8.75. The molecule has 1 fully saturated rings. The highest BCUT2D eigenvalue weighted by molar-refractivity contribution is 7.91. The van der Waals surface area contributed by atoms with Crippen molar-refractivity contribution in [2.75, 3.05) is 12.9 Å². The fourth-order valence-corrected chi connectivity index (χ4v) is 4.71. The molecule has 112 valence electrons. The average molecular weight is 328 g/mol. The maximum Gasteiger partial charge on any atom is 0.328 e. The van der Waals surface area contributed by atoms with Gasteiger partial charge in [-0.05, 0) is 24.6 Å². The lowest BCUT2D eigenvalue weighted by atomic mass is 10.0. The van der Waals surface area contributed by atoms with Crippen LogP contribution in [0.4, 0.5) is 0 Å². The van der Waals surface area contributed by atoms with Crippen LogP contribution in [0.1, 0.15) is 18.4 Å². The lowest BCUT2D eigenvalue weighted by Crippen LogP contribution is -2.24. The standard InChI is InChI=1S/C14H14ClNO4S/c1-3-20-13(17)14(8-16)11(12(14)21(2,18)19)9-5-4-6-10(15)7-9/h4-7,11-12H,3H2,1-2H3/t11-,12+,14+/m0/s1. The third-order valence-corrected chi connectivity index (χ3v) is 5.40. The van der Waals surface area contributed by atoms with Crippen molar-refractivity contribution in [3.63, 3.8) is 0 Å². The van der Waals surface area contributed by atoms with E-state index in [1.807, 2.05) is 6.07 Å². The molecule has 5 nitrogen and oxygen atoms in total. The fraction of sp³-hybridized carbons (Fsp3) is 0.429. The Morgan fingerprint density at radius 3 is 2.67 bits per heavy atom. The van der Waals surface area contributed by atoms with Crippen molar-refractivity contribution in [2.45, 2.75) is 18.1 Å². The summed E-state index contributed by atoms with van der Waals surface area (Å²) in [5.74, 6) is -1.55. The number of benzene rings is 1. The highest BCUT2D eigenvalue weighted by Crippen LogP contribution is 2.63. The summed E-state index contributed by atoms with van der Waals surface area (Å²) in [6.07, 6.45) is 1.02. The SMILES string of the molecule is CCOC(=O)[C@@]1(C#N)[C@H](S(C)(=O)=O)[C@@H]1c1cccc(Cl)c1. The number of nitriles is 1. The van der Waals surface area contributed by atoms with Crippen LogP contribution in [0, 0.1) is 16.7 Å². The second kappa shape index (κ2) is 5.32. The third kappa shape index (κ3) is 2.52. The summed E-state index contributed by atoms with van der Waals surface area (Å²) in [6.45, 7) is 1.69. The van der Waals surface area contributed by atoms with Crippen LogP contribution in [-0.4, -0.2) is 32.5 Å². The Bertz CT molecular complexity index is 725. The molecule has 0 bridgehead atoms. The van der Waals surface area contributed by atoms with Crippen LogP contribution in [0.3, 0.4) is 0 Å². The van der Waals surface area contributed by atoms with Crippen molar-refractivity contribution in [1.29, 1.82) is 5.26 Å². The van der Waals surface area contributed by atoms with E-state index in [0.717, 1.165) is 6.26 Å². The summed E-state index contributed by atoms with van der Waals surface area (Å²) >= 11 is 5.91. The molecular formula is C14H14ClNO4S. The van der Waals surface area contributed by atoms with Crippen LogP contribution in [0.25, 0.3) is 0 Å². The van der Waals surface area contributed by atoms with Gasteiger partial charge in [0.2, 0.25) is 0 Å². The minimum absolute atomic E-state index is 0.0843. The molecule has 1 aliphatic rings. The van der Waals surface area contributed by atoms with Crippen LogP contribution < -0.4 is 0 Å². The van der Waals surface area contributed by atoms with Gasteiger partial charge in [0.25, 0.3) is 0 Å². The molecule has 0 saturated heterocycles. The number of carbonyl (C=O) groups is 1. The van der Waals surface area contributed by atoms with E-state index in [1.54, 1.807) is 31.2 Å². The molecule has 0 N–H and O–H groups in total. The summed E-state index contributed by atoms with van der Waals surface area (Å²) < 4.78 is 28.8. The zero-order valence-corrected chi connectivity index (χ0v) is 13.1. The van der Waals surface area contributed by atoms with Crippen molar-refractivity contribution in [3.8, 4) is 6.07 Å². The second-order valence-corrected chi connectivity index (χ2v) is 7.59. The zero-order valence-electron chi connectivity index (χ0n) is 11.5. The van der Waals surface area contributed by atoms with Crippen LogP contribution in [-0.2, 0) is 19.4 Å². The van der Waals surface area contributed by atoms with E-state index in [-0.39, 0.29) is 6.61 Å². The molecular weight excluding hydrogens is 314 g/mol. The molecule has 21 heavy (non-hydrogen) atoms. The van der Waals surface area contributed by atoms with Crippen molar-refractivity contribution < 1.29 is 17.9 Å². The maximum atomic E-state index is 12.1. The predicted molar refractivity (Wildman–Crippen MR) is 77.5 cm³/mol. The van der Waals surface area contributed by atoms with Crippen LogP contribution in [0.2, 0.25) is 5.02 Å². The van der Waals surface area contributed by atoms with E-state index >= 15 is 0 Å². The molecule has 0 heterocycles. The number of sulfone groups is 1. The van der Waals surface area contributed by atoms with Gasteiger partial charge in [0.15, 0.2) is 15.3 Å². The van der Waals surface area contributed by atoms with Crippen molar-refractivity contribution in [2.24, 2.45) is 5.41 Å². The van der Waals surface area contributed by atoms with Crippen molar-refractivity contribution >= 4 is 27.4 Å². The normalized spacial score (nSPS) is 27.7. The topological polar surface area (TPSA) is 84.2 Å². The minimum Gasteiger partial charge on any atom is -0.465 e. The Kier molecular flexibility index (Phi) is 4.00. The lowest BCUT2D eigenvalue weighted by molar-refractivity contribution is -0.147. The summed E-state index contributed by atoms with van der Waals surface area (Å²) in [6, 6.07) is 8.39. The van der Waals surface area contributed by atoms with Gasteiger partial charge in [-0.15, -0.1) is 0 Å². The Hall–Kier alpha value is -1.58. The highest BCUT2D eigenvalue weighted by Gasteiger charge is 2.76. The number of halogens is 1. The lowest BCUT2D eigenvalue weighted by Gasteiger charge is -2.08. The summed E-state index contributed by atoms with van der Waals surface area (Å²) in [7, 11) is -3.59. The van der Waals surface area contributed by atoms with Gasteiger partial charge >= 0.3 is 5.97 Å². The van der Waals surface area contributed by atoms with Gasteiger partial charge < -0.3 is 4.74 Å². The molecule has 0 unspecified atom stereocenters. The van der Waals surface area contributed by atoms with Crippen LogP contribution in [0.5, 0.6) is 0 Å². The number of carbonyl (C=O) groups excluding carboxylic acids is 1. The van der Waals surface area contributed by atoms with Crippen LogP contribution >= 0.6 is 11.6 Å². The molecule has 0 amide bonds. The first-order valence-corrected chi connectivity index (χ1v) is 8.65. The number of esters is 1. The van der Waals surface area contributed by atoms with Gasteiger partial charge in [-0.2, -0.15) is 5.26 Å². The number of hydrogen-bond acceptors (Lipinski definition) is 5. The number of hydrogen-bond donors (Lipinski definition) is 0. The van der Waals surface area contributed by atoms with Crippen LogP contribution in [0.15, 0.2) is 24.3 Å². The van der Waals surface area contributed by atoms with E-state index < -0.39 is 32.4 Å². The van der Waals surface area contributed by atoms with E-state index in [1.165, 1.54) is 0 Å². The van der Waals surface area contributed by atoms with E-state index in [9.17, 15) is 18.5 Å². The number of nitrogens with zero attached hydrogens (tertiary/aromatic N) is 1. The van der Waals surface area contributed by atoms with Gasteiger partial charge in [0.1, 0.15) is 5.25 Å². The van der Waals surface area contributed by atoms with Gasteiger partial charge in [-0.3, -0.25) is 4.79 Å². The molecule has 1 aromatic carbocycles. The first kappa shape index (κ1) is 15.8. The van der Waals surface area contributed by atoms with Crippen molar-refractivity contribution in [3.05, 3.63) is 34.9 Å². The highest BCUT2D eigenvalue weighted by atomic mass is 35.5. The third-order valence-electron chi connectivity index (χ3n) is 3.60. The maximum absolute atomic E-state index is 12.1. The molecule has 1 saturated carbocycles. The summed E-state index contributed by atoms with van der Waals surface area (Å²) in [5.41, 5.74) is -1.14. The second-order valence-electron chi connectivity index (χ2n) is 4.98. The molecule has 0 spiro atoms. The molecule has 0 radical (unpaired) electrons. The molecule has 3 atom stereocenters. The average Bonchev–Trinajstić information content (AvgIpc) is 3.09. The van der Waals surface area contributed by atoms with E-state index in [2.05, 4.69) is 0 Å². The molecule has 1 aliphatic carbocycles. The molecule has 0 aromatic heterocycles. The minimum atomic E-state index is -3.59. The Labute approximate surface area is 128 Å². The van der Waals surface area contributed by atoms with Crippen molar-refractivity contribution in [1.82, 2.24) is 0 Å². The van der Waals surface area contributed by atoms with E-state index in [0.29, 0.717) is 10.6 Å². The fourth-order valence-electron chi connectivity index (χ4n) is 2.75. The first-order chi connectivity index (χ1) is 9.79. The Morgan fingerprint density at radius 2 is 2.19 bits per heavy atom. The predicted octanol–water partition coefficient (Wildman–Crippen LogP) is 1.92. The molecule has 7 heteroatoms. The Balaban J connectivity index is 2.53. The number of ether oxygens (including phenoxy) is 1. The summed E-state index contributed by atoms with van der Waals surface area (Å²) in [4.78, 5) is 12.1. The van der Waals surface area contributed by atoms with Gasteiger partial charge in [-0.1, -0.05) is 23.7 Å². The van der Waals surface area contributed by atoms with Gasteiger partial charge in [0, 0.05) is 17.2 Å². The molecule has 2 rings (SSSR count). The monoisotopic (exact) mass is 327 g/mol. The molecule has 0 aliphatic heterocycles. The largest absolute Gasteiger partial charge is 0.465 e.